The van der Waals surface area contributed by atoms with Crippen LogP contribution in [0, 0.1) is 12.8 Å². The Morgan fingerprint density at radius 3 is 2.52 bits per heavy atom. The lowest BCUT2D eigenvalue weighted by atomic mass is 9.97. The number of aryl methyl sites for hydroxylation is 1. The maximum Gasteiger partial charge on any atom is 0.223 e. The SMILES string of the molecule is CCCNC(=O)C1CCN(S(=O)(=O)Cc2ccccc2C)CC1. The first kappa shape index (κ1) is 17.9. The molecule has 1 aliphatic heterocycles. The molecular formula is C17H26N2O3S. The Kier molecular flexibility index (Phi) is 6.18. The number of benzene rings is 1. The average Bonchev–Trinajstić information content (AvgIpc) is 2.55. The van der Waals surface area contributed by atoms with Gasteiger partial charge >= 0.3 is 0 Å². The zero-order chi connectivity index (χ0) is 16.9. The fourth-order valence-corrected chi connectivity index (χ4v) is 4.52. The summed E-state index contributed by atoms with van der Waals surface area (Å²) in [4.78, 5) is 12.0. The molecule has 5 nitrogen and oxygen atoms in total. The molecule has 0 radical (unpaired) electrons. The number of sulfonamides is 1. The van der Waals surface area contributed by atoms with Gasteiger partial charge < -0.3 is 5.32 Å². The molecule has 0 spiro atoms. The van der Waals surface area contributed by atoms with Crippen molar-refractivity contribution in [2.24, 2.45) is 5.92 Å². The third-order valence-corrected chi connectivity index (χ3v) is 6.19. The van der Waals surface area contributed by atoms with Crippen molar-refractivity contribution >= 4 is 15.9 Å². The smallest absolute Gasteiger partial charge is 0.223 e. The molecule has 1 N–H and O–H groups in total. The van der Waals surface area contributed by atoms with Crippen molar-refractivity contribution in [1.82, 2.24) is 9.62 Å². The maximum atomic E-state index is 12.6. The summed E-state index contributed by atoms with van der Waals surface area (Å²) in [6, 6.07) is 7.56. The number of piperidine rings is 1. The summed E-state index contributed by atoms with van der Waals surface area (Å²) >= 11 is 0. The van der Waals surface area contributed by atoms with E-state index in [4.69, 9.17) is 0 Å². The first-order valence-electron chi connectivity index (χ1n) is 8.24. The lowest BCUT2D eigenvalue weighted by molar-refractivity contribution is -0.126. The summed E-state index contributed by atoms with van der Waals surface area (Å²) < 4.78 is 26.7. The largest absolute Gasteiger partial charge is 0.356 e. The summed E-state index contributed by atoms with van der Waals surface area (Å²) in [5.41, 5.74) is 1.83. The highest BCUT2D eigenvalue weighted by Crippen LogP contribution is 2.22. The summed E-state index contributed by atoms with van der Waals surface area (Å²) in [6.45, 7) is 5.48. The minimum atomic E-state index is -3.32. The number of hydrogen-bond acceptors (Lipinski definition) is 3. The molecule has 1 aliphatic rings. The minimum Gasteiger partial charge on any atom is -0.356 e. The first-order chi connectivity index (χ1) is 10.9. The molecule has 6 heteroatoms. The minimum absolute atomic E-state index is 0.0341. The van der Waals surface area contributed by atoms with E-state index in [1.807, 2.05) is 38.1 Å². The number of carbonyl (C=O) groups is 1. The van der Waals surface area contributed by atoms with Crippen LogP contribution in [0.25, 0.3) is 0 Å². The van der Waals surface area contributed by atoms with Crippen LogP contribution in [-0.4, -0.2) is 38.3 Å². The molecule has 1 amide bonds. The molecule has 0 aliphatic carbocycles. The molecule has 1 aromatic carbocycles. The second-order valence-corrected chi connectivity index (χ2v) is 8.12. The Bertz CT molecular complexity index is 635. The van der Waals surface area contributed by atoms with Gasteiger partial charge in [0.25, 0.3) is 0 Å². The van der Waals surface area contributed by atoms with E-state index in [9.17, 15) is 13.2 Å². The molecule has 2 rings (SSSR count). The van der Waals surface area contributed by atoms with Crippen molar-refractivity contribution in [3.05, 3.63) is 35.4 Å². The van der Waals surface area contributed by atoms with Gasteiger partial charge in [-0.2, -0.15) is 0 Å². The highest BCUT2D eigenvalue weighted by molar-refractivity contribution is 7.88. The van der Waals surface area contributed by atoms with Gasteiger partial charge in [-0.05, 0) is 37.3 Å². The van der Waals surface area contributed by atoms with Crippen molar-refractivity contribution < 1.29 is 13.2 Å². The highest BCUT2D eigenvalue weighted by Gasteiger charge is 2.31. The van der Waals surface area contributed by atoms with Gasteiger partial charge in [0.1, 0.15) is 0 Å². The fourth-order valence-electron chi connectivity index (χ4n) is 2.85. The summed E-state index contributed by atoms with van der Waals surface area (Å²) in [7, 11) is -3.32. The van der Waals surface area contributed by atoms with Crippen molar-refractivity contribution in [1.29, 1.82) is 0 Å². The molecule has 0 atom stereocenters. The molecule has 1 saturated heterocycles. The Labute approximate surface area is 139 Å². The molecule has 0 bridgehead atoms. The fraction of sp³-hybridized carbons (Fsp3) is 0.588. The van der Waals surface area contributed by atoms with Crippen LogP contribution in [0.5, 0.6) is 0 Å². The van der Waals surface area contributed by atoms with Gasteiger partial charge in [0, 0.05) is 25.6 Å². The predicted octanol–water partition coefficient (Wildman–Crippen LogP) is 2.06. The van der Waals surface area contributed by atoms with E-state index in [0.29, 0.717) is 32.5 Å². The van der Waals surface area contributed by atoms with Gasteiger partial charge in [-0.25, -0.2) is 12.7 Å². The van der Waals surface area contributed by atoms with E-state index in [-0.39, 0.29) is 17.6 Å². The molecule has 1 fully saturated rings. The first-order valence-corrected chi connectivity index (χ1v) is 9.85. The quantitative estimate of drug-likeness (QED) is 0.863. The number of nitrogens with zero attached hydrogens (tertiary/aromatic N) is 1. The van der Waals surface area contributed by atoms with Gasteiger partial charge in [0.05, 0.1) is 5.75 Å². The normalized spacial score (nSPS) is 17.1. The van der Waals surface area contributed by atoms with E-state index in [2.05, 4.69) is 5.32 Å². The number of carbonyl (C=O) groups excluding carboxylic acids is 1. The van der Waals surface area contributed by atoms with Crippen molar-refractivity contribution in [3.63, 3.8) is 0 Å². The van der Waals surface area contributed by atoms with E-state index >= 15 is 0 Å². The van der Waals surface area contributed by atoms with Crippen molar-refractivity contribution in [2.45, 2.75) is 38.9 Å². The highest BCUT2D eigenvalue weighted by atomic mass is 32.2. The van der Waals surface area contributed by atoms with Crippen molar-refractivity contribution in [2.75, 3.05) is 19.6 Å². The van der Waals surface area contributed by atoms with E-state index in [1.54, 1.807) is 0 Å². The number of nitrogens with one attached hydrogen (secondary N) is 1. The molecule has 0 unspecified atom stereocenters. The van der Waals surface area contributed by atoms with Crippen LogP contribution in [0.4, 0.5) is 0 Å². The zero-order valence-corrected chi connectivity index (χ0v) is 14.7. The second-order valence-electron chi connectivity index (χ2n) is 6.15. The molecule has 1 heterocycles. The molecule has 23 heavy (non-hydrogen) atoms. The lowest BCUT2D eigenvalue weighted by Gasteiger charge is -2.30. The van der Waals surface area contributed by atoms with Gasteiger partial charge in [0.15, 0.2) is 0 Å². The van der Waals surface area contributed by atoms with Crippen LogP contribution in [0.15, 0.2) is 24.3 Å². The molecule has 128 valence electrons. The summed E-state index contributed by atoms with van der Waals surface area (Å²) in [6.07, 6.45) is 2.11. The number of hydrogen-bond donors (Lipinski definition) is 1. The summed E-state index contributed by atoms with van der Waals surface area (Å²) in [5, 5.41) is 2.90. The van der Waals surface area contributed by atoms with Crippen LogP contribution in [0.3, 0.4) is 0 Å². The van der Waals surface area contributed by atoms with Gasteiger partial charge in [0.2, 0.25) is 15.9 Å². The lowest BCUT2D eigenvalue weighted by Crippen LogP contribution is -2.43. The number of amides is 1. The second kappa shape index (κ2) is 7.93. The van der Waals surface area contributed by atoms with Gasteiger partial charge in [-0.15, -0.1) is 0 Å². The molecular weight excluding hydrogens is 312 g/mol. The Balaban J connectivity index is 1.93. The van der Waals surface area contributed by atoms with E-state index in [1.165, 1.54) is 4.31 Å². The summed E-state index contributed by atoms with van der Waals surface area (Å²) in [5.74, 6) is 0.0288. The third kappa shape index (κ3) is 4.78. The number of rotatable bonds is 6. The Hall–Kier alpha value is -1.40. The van der Waals surface area contributed by atoms with E-state index < -0.39 is 10.0 Å². The van der Waals surface area contributed by atoms with Gasteiger partial charge in [-0.1, -0.05) is 31.2 Å². The maximum absolute atomic E-state index is 12.6. The standard InChI is InChI=1S/C17H26N2O3S/c1-3-10-18-17(20)15-8-11-19(12-9-15)23(21,22)13-16-7-5-4-6-14(16)2/h4-7,15H,3,8-13H2,1-2H3,(H,18,20). The average molecular weight is 338 g/mol. The predicted molar refractivity (Wildman–Crippen MR) is 91.4 cm³/mol. The topological polar surface area (TPSA) is 66.5 Å². The zero-order valence-electron chi connectivity index (χ0n) is 13.9. The third-order valence-electron chi connectivity index (χ3n) is 4.37. The van der Waals surface area contributed by atoms with Crippen LogP contribution in [-0.2, 0) is 20.6 Å². The monoisotopic (exact) mass is 338 g/mol. The van der Waals surface area contributed by atoms with E-state index in [0.717, 1.165) is 17.5 Å². The Morgan fingerprint density at radius 2 is 1.91 bits per heavy atom. The molecule has 0 aromatic heterocycles. The molecule has 1 aromatic rings. The van der Waals surface area contributed by atoms with Crippen LogP contribution < -0.4 is 5.32 Å². The Morgan fingerprint density at radius 1 is 1.26 bits per heavy atom. The van der Waals surface area contributed by atoms with Crippen LogP contribution >= 0.6 is 0 Å². The van der Waals surface area contributed by atoms with Crippen LogP contribution in [0.1, 0.15) is 37.3 Å². The van der Waals surface area contributed by atoms with Gasteiger partial charge in [-0.3, -0.25) is 4.79 Å². The van der Waals surface area contributed by atoms with Crippen LogP contribution in [0.2, 0.25) is 0 Å². The van der Waals surface area contributed by atoms with Crippen molar-refractivity contribution in [3.8, 4) is 0 Å². The molecule has 0 saturated carbocycles.